The number of aliphatic hydroxyl groups is 1. The number of anilines is 1. The molecule has 0 aliphatic carbocycles. The third-order valence-corrected chi connectivity index (χ3v) is 4.68. The van der Waals surface area contributed by atoms with Crippen LogP contribution < -0.4 is 4.90 Å². The molecule has 1 unspecified atom stereocenters. The average Bonchev–Trinajstić information content (AvgIpc) is 2.90. The summed E-state index contributed by atoms with van der Waals surface area (Å²) in [6, 6.07) is 7.79. The molecule has 1 N–H and O–H groups in total. The van der Waals surface area contributed by atoms with Crippen LogP contribution in [-0.2, 0) is 16.0 Å². The molecule has 0 saturated carbocycles. The van der Waals surface area contributed by atoms with Gasteiger partial charge in [0.15, 0.2) is 0 Å². The SMILES string of the molecule is CC1Cc2ccccc2N1C(=O)C(=O)N1CCN(CCO)CC1. The van der Waals surface area contributed by atoms with E-state index >= 15 is 0 Å². The van der Waals surface area contributed by atoms with E-state index in [4.69, 9.17) is 5.11 Å². The summed E-state index contributed by atoms with van der Waals surface area (Å²) in [5.41, 5.74) is 1.98. The van der Waals surface area contributed by atoms with E-state index in [9.17, 15) is 9.59 Å². The maximum Gasteiger partial charge on any atom is 0.316 e. The number of benzene rings is 1. The third-order valence-electron chi connectivity index (χ3n) is 4.68. The lowest BCUT2D eigenvalue weighted by Gasteiger charge is -2.35. The molecular formula is C17H23N3O3. The van der Waals surface area contributed by atoms with Gasteiger partial charge in [0.05, 0.1) is 6.61 Å². The second kappa shape index (κ2) is 6.68. The average molecular weight is 317 g/mol. The van der Waals surface area contributed by atoms with Gasteiger partial charge in [-0.15, -0.1) is 0 Å². The minimum Gasteiger partial charge on any atom is -0.395 e. The highest BCUT2D eigenvalue weighted by molar-refractivity contribution is 6.40. The van der Waals surface area contributed by atoms with Crippen molar-refractivity contribution in [3.8, 4) is 0 Å². The lowest BCUT2D eigenvalue weighted by Crippen LogP contribution is -2.54. The van der Waals surface area contributed by atoms with Crippen molar-refractivity contribution in [1.29, 1.82) is 0 Å². The van der Waals surface area contributed by atoms with Crippen molar-refractivity contribution in [3.63, 3.8) is 0 Å². The Balaban J connectivity index is 1.68. The normalized spacial score (nSPS) is 21.4. The second-order valence-corrected chi connectivity index (χ2v) is 6.21. The minimum atomic E-state index is -0.432. The molecule has 23 heavy (non-hydrogen) atoms. The van der Waals surface area contributed by atoms with Gasteiger partial charge in [-0.05, 0) is 25.0 Å². The molecule has 2 heterocycles. The molecule has 1 atom stereocenters. The van der Waals surface area contributed by atoms with E-state index in [1.54, 1.807) is 9.80 Å². The van der Waals surface area contributed by atoms with E-state index in [1.165, 1.54) is 0 Å². The number of fused-ring (bicyclic) bond motifs is 1. The number of hydrogen-bond donors (Lipinski definition) is 1. The molecule has 6 heteroatoms. The number of rotatable bonds is 2. The van der Waals surface area contributed by atoms with Crippen LogP contribution in [0.1, 0.15) is 12.5 Å². The van der Waals surface area contributed by atoms with Crippen molar-refractivity contribution >= 4 is 17.5 Å². The summed E-state index contributed by atoms with van der Waals surface area (Å²) >= 11 is 0. The summed E-state index contributed by atoms with van der Waals surface area (Å²) < 4.78 is 0. The van der Waals surface area contributed by atoms with Crippen molar-refractivity contribution in [3.05, 3.63) is 29.8 Å². The van der Waals surface area contributed by atoms with Gasteiger partial charge in [0, 0.05) is 44.5 Å². The zero-order valence-electron chi connectivity index (χ0n) is 13.4. The van der Waals surface area contributed by atoms with Crippen molar-refractivity contribution in [2.24, 2.45) is 0 Å². The van der Waals surface area contributed by atoms with Crippen LogP contribution in [0, 0.1) is 0 Å². The number of carbonyl (C=O) groups is 2. The highest BCUT2D eigenvalue weighted by Crippen LogP contribution is 2.32. The Morgan fingerprint density at radius 3 is 2.52 bits per heavy atom. The highest BCUT2D eigenvalue weighted by Gasteiger charge is 2.36. The van der Waals surface area contributed by atoms with Gasteiger partial charge in [0.2, 0.25) is 0 Å². The van der Waals surface area contributed by atoms with E-state index in [1.807, 2.05) is 31.2 Å². The maximum atomic E-state index is 12.7. The van der Waals surface area contributed by atoms with Crippen LogP contribution in [0.2, 0.25) is 0 Å². The summed E-state index contributed by atoms with van der Waals surface area (Å²) in [5.74, 6) is -0.852. The molecule has 1 fully saturated rings. The summed E-state index contributed by atoms with van der Waals surface area (Å²) in [6.45, 7) is 5.19. The van der Waals surface area contributed by atoms with E-state index in [0.29, 0.717) is 32.7 Å². The predicted molar refractivity (Wildman–Crippen MR) is 87.2 cm³/mol. The molecule has 124 valence electrons. The molecular weight excluding hydrogens is 294 g/mol. The van der Waals surface area contributed by atoms with Crippen LogP contribution in [0.15, 0.2) is 24.3 Å². The molecule has 0 spiro atoms. The molecule has 2 aliphatic heterocycles. The molecule has 1 aromatic rings. The molecule has 1 aromatic carbocycles. The highest BCUT2D eigenvalue weighted by atomic mass is 16.3. The van der Waals surface area contributed by atoms with Crippen LogP contribution in [-0.4, -0.2) is 72.1 Å². The van der Waals surface area contributed by atoms with E-state index in [2.05, 4.69) is 4.90 Å². The number of nitrogens with zero attached hydrogens (tertiary/aromatic N) is 3. The standard InChI is InChI=1S/C17H23N3O3/c1-13-12-14-4-2-3-5-15(14)20(13)17(23)16(22)19-8-6-18(7-9-19)10-11-21/h2-5,13,21H,6-12H2,1H3. The van der Waals surface area contributed by atoms with Crippen molar-refractivity contribution in [2.75, 3.05) is 44.2 Å². The van der Waals surface area contributed by atoms with Crippen LogP contribution in [0.5, 0.6) is 0 Å². The van der Waals surface area contributed by atoms with Gasteiger partial charge < -0.3 is 14.9 Å². The first-order chi connectivity index (χ1) is 11.1. The number of para-hydroxylation sites is 1. The second-order valence-electron chi connectivity index (χ2n) is 6.21. The van der Waals surface area contributed by atoms with Crippen LogP contribution in [0.3, 0.4) is 0 Å². The van der Waals surface area contributed by atoms with E-state index in [-0.39, 0.29) is 12.6 Å². The third kappa shape index (κ3) is 3.09. The molecule has 0 radical (unpaired) electrons. The number of amides is 2. The first kappa shape index (κ1) is 16.0. The molecule has 0 aromatic heterocycles. The summed E-state index contributed by atoms with van der Waals surface area (Å²) in [6.07, 6.45) is 0.791. The van der Waals surface area contributed by atoms with Gasteiger partial charge in [0.1, 0.15) is 0 Å². The fourth-order valence-corrected chi connectivity index (χ4v) is 3.43. The fraction of sp³-hybridized carbons (Fsp3) is 0.529. The Hall–Kier alpha value is -1.92. The minimum absolute atomic E-state index is 0.0135. The maximum absolute atomic E-state index is 12.7. The topological polar surface area (TPSA) is 64.1 Å². The van der Waals surface area contributed by atoms with Gasteiger partial charge in [-0.25, -0.2) is 0 Å². The number of carbonyl (C=O) groups excluding carboxylic acids is 2. The zero-order valence-corrected chi connectivity index (χ0v) is 13.4. The Bertz CT molecular complexity index is 597. The Labute approximate surface area is 136 Å². The number of aliphatic hydroxyl groups excluding tert-OH is 1. The lowest BCUT2D eigenvalue weighted by molar-refractivity contribution is -0.145. The van der Waals surface area contributed by atoms with E-state index < -0.39 is 11.8 Å². The number of β-amino-alcohol motifs (C(OH)–C–C–N with tert-alkyl or cyclic N) is 1. The Morgan fingerprint density at radius 2 is 1.83 bits per heavy atom. The zero-order chi connectivity index (χ0) is 16.4. The summed E-state index contributed by atoms with van der Waals surface area (Å²) in [4.78, 5) is 30.6. The van der Waals surface area contributed by atoms with Gasteiger partial charge in [-0.3, -0.25) is 14.5 Å². The van der Waals surface area contributed by atoms with Gasteiger partial charge >= 0.3 is 11.8 Å². The molecule has 1 saturated heterocycles. The first-order valence-electron chi connectivity index (χ1n) is 8.15. The Morgan fingerprint density at radius 1 is 1.13 bits per heavy atom. The van der Waals surface area contributed by atoms with Gasteiger partial charge in [-0.2, -0.15) is 0 Å². The van der Waals surface area contributed by atoms with Crippen molar-refractivity contribution in [2.45, 2.75) is 19.4 Å². The summed E-state index contributed by atoms with van der Waals surface area (Å²) in [5, 5.41) is 8.96. The molecule has 2 amide bonds. The molecule has 0 bridgehead atoms. The van der Waals surface area contributed by atoms with Crippen LogP contribution >= 0.6 is 0 Å². The molecule has 3 rings (SSSR count). The Kier molecular flexibility index (Phi) is 4.63. The van der Waals surface area contributed by atoms with Crippen LogP contribution in [0.4, 0.5) is 5.69 Å². The van der Waals surface area contributed by atoms with Crippen molar-refractivity contribution in [1.82, 2.24) is 9.80 Å². The summed E-state index contributed by atoms with van der Waals surface area (Å²) in [7, 11) is 0. The predicted octanol–water partition coefficient (Wildman–Crippen LogP) is 0.101. The number of hydrogen-bond acceptors (Lipinski definition) is 4. The van der Waals surface area contributed by atoms with Gasteiger partial charge in [0.25, 0.3) is 0 Å². The largest absolute Gasteiger partial charge is 0.395 e. The first-order valence-corrected chi connectivity index (χ1v) is 8.15. The monoisotopic (exact) mass is 317 g/mol. The molecule has 6 nitrogen and oxygen atoms in total. The fourth-order valence-electron chi connectivity index (χ4n) is 3.43. The smallest absolute Gasteiger partial charge is 0.316 e. The van der Waals surface area contributed by atoms with E-state index in [0.717, 1.165) is 17.7 Å². The van der Waals surface area contributed by atoms with Crippen molar-refractivity contribution < 1.29 is 14.7 Å². The van der Waals surface area contributed by atoms with Crippen LogP contribution in [0.25, 0.3) is 0 Å². The number of piperazine rings is 1. The quantitative estimate of drug-likeness (QED) is 0.786. The molecule has 2 aliphatic rings. The van der Waals surface area contributed by atoms with Gasteiger partial charge in [-0.1, -0.05) is 18.2 Å². The lowest BCUT2D eigenvalue weighted by atomic mass is 10.1.